The Labute approximate surface area is 183 Å². The molecule has 3 rings (SSSR count). The monoisotopic (exact) mass is 400 g/mol. The number of benzene rings is 3. The standard InChI is InChI=1S/C29H36O/c1-3-4-5-6-7-9-12-25-17-20-28(29(23-25)26-13-10-8-11-14-26)27-18-15-24(16-19-27)21-22-30-2/h8,10-11,13-20,23H,3-7,9,12,21-22H2,1-2H3. The van der Waals surface area contributed by atoms with E-state index in [1.54, 1.807) is 7.11 Å². The summed E-state index contributed by atoms with van der Waals surface area (Å²) in [4.78, 5) is 0. The van der Waals surface area contributed by atoms with Crippen molar-refractivity contribution in [3.05, 3.63) is 83.9 Å². The summed E-state index contributed by atoms with van der Waals surface area (Å²) >= 11 is 0. The molecule has 30 heavy (non-hydrogen) atoms. The zero-order valence-corrected chi connectivity index (χ0v) is 18.7. The molecule has 0 radical (unpaired) electrons. The van der Waals surface area contributed by atoms with Gasteiger partial charge in [0.05, 0.1) is 6.61 Å². The van der Waals surface area contributed by atoms with Crippen LogP contribution in [-0.4, -0.2) is 13.7 Å². The third-order valence-electron chi connectivity index (χ3n) is 5.85. The van der Waals surface area contributed by atoms with Crippen LogP contribution in [0.2, 0.25) is 0 Å². The summed E-state index contributed by atoms with van der Waals surface area (Å²) in [6, 6.07) is 26.8. The van der Waals surface area contributed by atoms with Crippen LogP contribution in [0.15, 0.2) is 72.8 Å². The first-order valence-corrected chi connectivity index (χ1v) is 11.6. The van der Waals surface area contributed by atoms with E-state index in [9.17, 15) is 0 Å². The largest absolute Gasteiger partial charge is 0.384 e. The SMILES string of the molecule is CCCCCCCCc1ccc(-c2ccc(CCOC)cc2)c(-c2ccccc2)c1. The fraction of sp³-hybridized carbons (Fsp3) is 0.379. The lowest BCUT2D eigenvalue weighted by Gasteiger charge is -2.14. The molecule has 0 saturated heterocycles. The van der Waals surface area contributed by atoms with E-state index in [-0.39, 0.29) is 0 Å². The Hall–Kier alpha value is -2.38. The summed E-state index contributed by atoms with van der Waals surface area (Å²) in [6.07, 6.45) is 10.2. The van der Waals surface area contributed by atoms with Gasteiger partial charge >= 0.3 is 0 Å². The molecule has 0 spiro atoms. The minimum atomic E-state index is 0.766. The first-order chi connectivity index (χ1) is 14.8. The Bertz CT molecular complexity index is 865. The molecule has 158 valence electrons. The first kappa shape index (κ1) is 22.3. The van der Waals surface area contributed by atoms with Crippen LogP contribution in [0, 0.1) is 0 Å². The molecule has 3 aromatic rings. The van der Waals surface area contributed by atoms with Crippen LogP contribution < -0.4 is 0 Å². The number of aryl methyl sites for hydroxylation is 1. The number of rotatable bonds is 12. The van der Waals surface area contributed by atoms with Crippen molar-refractivity contribution in [2.45, 2.75) is 58.3 Å². The van der Waals surface area contributed by atoms with Crippen molar-refractivity contribution in [1.82, 2.24) is 0 Å². The van der Waals surface area contributed by atoms with Crippen LogP contribution in [0.25, 0.3) is 22.3 Å². The third-order valence-corrected chi connectivity index (χ3v) is 5.85. The van der Waals surface area contributed by atoms with Gasteiger partial charge in [-0.3, -0.25) is 0 Å². The normalized spacial score (nSPS) is 11.0. The van der Waals surface area contributed by atoms with E-state index in [0.29, 0.717) is 0 Å². The van der Waals surface area contributed by atoms with Crippen LogP contribution in [0.4, 0.5) is 0 Å². The van der Waals surface area contributed by atoms with E-state index in [4.69, 9.17) is 4.74 Å². The molecule has 0 aliphatic rings. The van der Waals surface area contributed by atoms with Crippen molar-refractivity contribution in [2.75, 3.05) is 13.7 Å². The number of hydrogen-bond donors (Lipinski definition) is 0. The Morgan fingerprint density at radius 2 is 1.27 bits per heavy atom. The highest BCUT2D eigenvalue weighted by molar-refractivity contribution is 5.84. The Balaban J connectivity index is 1.79. The van der Waals surface area contributed by atoms with Gasteiger partial charge < -0.3 is 4.74 Å². The van der Waals surface area contributed by atoms with Crippen molar-refractivity contribution in [3.63, 3.8) is 0 Å². The quantitative estimate of drug-likeness (QED) is 0.279. The minimum absolute atomic E-state index is 0.766. The average Bonchev–Trinajstić information content (AvgIpc) is 2.81. The maximum absolute atomic E-state index is 5.21. The first-order valence-electron chi connectivity index (χ1n) is 11.6. The number of ether oxygens (including phenoxy) is 1. The molecule has 0 unspecified atom stereocenters. The third kappa shape index (κ3) is 6.57. The second-order valence-corrected chi connectivity index (χ2v) is 8.20. The fourth-order valence-electron chi connectivity index (χ4n) is 4.04. The Kier molecular flexibility index (Phi) is 9.18. The molecular weight excluding hydrogens is 364 g/mol. The van der Waals surface area contributed by atoms with Gasteiger partial charge in [0.25, 0.3) is 0 Å². The highest BCUT2D eigenvalue weighted by Gasteiger charge is 2.09. The van der Waals surface area contributed by atoms with Crippen LogP contribution in [0.5, 0.6) is 0 Å². The Morgan fingerprint density at radius 1 is 0.600 bits per heavy atom. The average molecular weight is 401 g/mol. The van der Waals surface area contributed by atoms with Crippen LogP contribution in [-0.2, 0) is 17.6 Å². The molecule has 0 atom stereocenters. The predicted octanol–water partition coefficient (Wildman–Crippen LogP) is 8.11. The van der Waals surface area contributed by atoms with Gasteiger partial charge in [-0.05, 0) is 52.6 Å². The van der Waals surface area contributed by atoms with Crippen molar-refractivity contribution < 1.29 is 4.74 Å². The van der Waals surface area contributed by atoms with Gasteiger partial charge in [0, 0.05) is 7.11 Å². The molecule has 0 aliphatic heterocycles. The molecular formula is C29H36O. The number of methoxy groups -OCH3 is 1. The molecule has 0 bridgehead atoms. The smallest absolute Gasteiger partial charge is 0.0502 e. The van der Waals surface area contributed by atoms with Gasteiger partial charge in [-0.25, -0.2) is 0 Å². The highest BCUT2D eigenvalue weighted by atomic mass is 16.5. The van der Waals surface area contributed by atoms with Crippen LogP contribution >= 0.6 is 0 Å². The summed E-state index contributed by atoms with van der Waals surface area (Å²) in [5.41, 5.74) is 7.99. The lowest BCUT2D eigenvalue weighted by Crippen LogP contribution is -1.94. The van der Waals surface area contributed by atoms with Crippen LogP contribution in [0.1, 0.15) is 56.6 Å². The minimum Gasteiger partial charge on any atom is -0.384 e. The zero-order valence-electron chi connectivity index (χ0n) is 18.7. The summed E-state index contributed by atoms with van der Waals surface area (Å²) < 4.78 is 5.21. The van der Waals surface area contributed by atoms with E-state index < -0.39 is 0 Å². The predicted molar refractivity (Wildman–Crippen MR) is 130 cm³/mol. The molecule has 0 aliphatic carbocycles. The van der Waals surface area contributed by atoms with E-state index in [2.05, 4.69) is 79.7 Å². The summed E-state index contributed by atoms with van der Waals surface area (Å²) in [7, 11) is 1.76. The van der Waals surface area contributed by atoms with Crippen molar-refractivity contribution in [3.8, 4) is 22.3 Å². The molecule has 0 amide bonds. The topological polar surface area (TPSA) is 9.23 Å². The van der Waals surface area contributed by atoms with Crippen LogP contribution in [0.3, 0.4) is 0 Å². The molecule has 0 saturated carbocycles. The maximum atomic E-state index is 5.21. The molecule has 0 aromatic heterocycles. The zero-order chi connectivity index (χ0) is 21.0. The molecule has 1 heteroatoms. The maximum Gasteiger partial charge on any atom is 0.0502 e. The summed E-state index contributed by atoms with van der Waals surface area (Å²) in [6.45, 7) is 3.04. The molecule has 1 nitrogen and oxygen atoms in total. The van der Waals surface area contributed by atoms with Crippen molar-refractivity contribution in [2.24, 2.45) is 0 Å². The molecule has 0 heterocycles. The van der Waals surface area contributed by atoms with Gasteiger partial charge in [0.2, 0.25) is 0 Å². The molecule has 0 fully saturated rings. The van der Waals surface area contributed by atoms with Gasteiger partial charge in [-0.1, -0.05) is 112 Å². The van der Waals surface area contributed by atoms with Gasteiger partial charge in [-0.2, -0.15) is 0 Å². The second-order valence-electron chi connectivity index (χ2n) is 8.20. The second kappa shape index (κ2) is 12.3. The van der Waals surface area contributed by atoms with E-state index in [1.165, 1.54) is 78.3 Å². The molecule has 3 aromatic carbocycles. The van der Waals surface area contributed by atoms with Crippen molar-refractivity contribution in [1.29, 1.82) is 0 Å². The summed E-state index contributed by atoms with van der Waals surface area (Å²) in [5.74, 6) is 0. The van der Waals surface area contributed by atoms with Gasteiger partial charge in [-0.15, -0.1) is 0 Å². The highest BCUT2D eigenvalue weighted by Crippen LogP contribution is 2.33. The number of unbranched alkanes of at least 4 members (excludes halogenated alkanes) is 5. The van der Waals surface area contributed by atoms with E-state index in [1.807, 2.05) is 0 Å². The summed E-state index contributed by atoms with van der Waals surface area (Å²) in [5, 5.41) is 0. The van der Waals surface area contributed by atoms with E-state index in [0.717, 1.165) is 13.0 Å². The fourth-order valence-corrected chi connectivity index (χ4v) is 4.04. The lowest BCUT2D eigenvalue weighted by molar-refractivity contribution is 0.202. The van der Waals surface area contributed by atoms with Gasteiger partial charge in [0.1, 0.15) is 0 Å². The lowest BCUT2D eigenvalue weighted by atomic mass is 9.91. The van der Waals surface area contributed by atoms with Crippen molar-refractivity contribution >= 4 is 0 Å². The Morgan fingerprint density at radius 3 is 2.00 bits per heavy atom. The number of hydrogen-bond acceptors (Lipinski definition) is 1. The van der Waals surface area contributed by atoms with Gasteiger partial charge in [0.15, 0.2) is 0 Å². The molecule has 0 N–H and O–H groups in total. The van der Waals surface area contributed by atoms with E-state index >= 15 is 0 Å².